The highest BCUT2D eigenvalue weighted by molar-refractivity contribution is 5.94. The van der Waals surface area contributed by atoms with Gasteiger partial charge in [0.1, 0.15) is 0 Å². The molecular weight excluding hydrogens is 395 g/mol. The average molecular weight is 419 g/mol. The number of aromatic amines is 1. The topological polar surface area (TPSA) is 55.5 Å². The molecule has 0 saturated carbocycles. The summed E-state index contributed by atoms with van der Waals surface area (Å²) in [4.78, 5) is 18.9. The lowest BCUT2D eigenvalue weighted by molar-refractivity contribution is -0.137. The van der Waals surface area contributed by atoms with E-state index in [9.17, 15) is 18.0 Å². The van der Waals surface area contributed by atoms with Crippen molar-refractivity contribution in [3.63, 3.8) is 0 Å². The fourth-order valence-corrected chi connectivity index (χ4v) is 5.10. The summed E-state index contributed by atoms with van der Waals surface area (Å²) in [5.41, 5.74) is 2.15. The zero-order valence-corrected chi connectivity index (χ0v) is 16.7. The Morgan fingerprint density at radius 1 is 1.13 bits per heavy atom. The van der Waals surface area contributed by atoms with E-state index >= 15 is 0 Å². The summed E-state index contributed by atoms with van der Waals surface area (Å²) in [7, 11) is 2.03. The molecule has 5 rings (SSSR count). The van der Waals surface area contributed by atoms with Gasteiger partial charge in [-0.1, -0.05) is 12.1 Å². The zero-order chi connectivity index (χ0) is 21.0. The first-order valence-electron chi connectivity index (χ1n) is 10.3. The molecule has 6 nitrogen and oxygen atoms in total. The molecule has 3 aliphatic heterocycles. The molecule has 0 spiro atoms. The minimum absolute atomic E-state index is 0.0700. The average Bonchev–Trinajstić information content (AvgIpc) is 3.39. The van der Waals surface area contributed by atoms with Crippen LogP contribution in [0.2, 0.25) is 0 Å². The van der Waals surface area contributed by atoms with Crippen LogP contribution in [-0.2, 0) is 19.1 Å². The largest absolute Gasteiger partial charge is 0.418 e. The number of likely N-dealkylation sites (N-methyl/N-ethyl adjacent to an activating group) is 1. The number of rotatable bonds is 2. The quantitative estimate of drug-likeness (QED) is 0.813. The van der Waals surface area contributed by atoms with E-state index in [1.165, 1.54) is 6.07 Å². The van der Waals surface area contributed by atoms with Crippen LogP contribution in [0.4, 0.5) is 18.9 Å². The van der Waals surface area contributed by atoms with E-state index in [-0.39, 0.29) is 23.4 Å². The SMILES string of the molecule is CN1CCc2[nH]nc(C(=O)N3C[C@@H]4CN(c5ccccc5C(F)(F)F)C[C@@H]4C3)c2C1. The monoisotopic (exact) mass is 419 g/mol. The minimum atomic E-state index is -4.37. The maximum absolute atomic E-state index is 13.4. The van der Waals surface area contributed by atoms with Crippen LogP contribution >= 0.6 is 0 Å². The second-order valence-electron chi connectivity index (χ2n) is 8.67. The Morgan fingerprint density at radius 3 is 2.53 bits per heavy atom. The number of alkyl halides is 3. The van der Waals surface area contributed by atoms with Gasteiger partial charge >= 0.3 is 6.18 Å². The first-order valence-corrected chi connectivity index (χ1v) is 10.3. The number of carbonyl (C=O) groups excluding carboxylic acids is 1. The van der Waals surface area contributed by atoms with Crippen LogP contribution < -0.4 is 4.90 Å². The highest BCUT2D eigenvalue weighted by Gasteiger charge is 2.44. The number of nitrogens with zero attached hydrogens (tertiary/aromatic N) is 4. The highest BCUT2D eigenvalue weighted by Crippen LogP contribution is 2.41. The molecule has 2 aromatic rings. The zero-order valence-electron chi connectivity index (χ0n) is 16.7. The normalized spacial score (nSPS) is 24.3. The van der Waals surface area contributed by atoms with Crippen LogP contribution in [0.15, 0.2) is 24.3 Å². The highest BCUT2D eigenvalue weighted by atomic mass is 19.4. The number of nitrogens with one attached hydrogen (secondary N) is 1. The van der Waals surface area contributed by atoms with Gasteiger partial charge < -0.3 is 14.7 Å². The molecular formula is C21H24F3N5O. The Hall–Kier alpha value is -2.55. The van der Waals surface area contributed by atoms with Crippen molar-refractivity contribution in [3.05, 3.63) is 46.8 Å². The van der Waals surface area contributed by atoms with Crippen LogP contribution in [0.5, 0.6) is 0 Å². The Morgan fingerprint density at radius 2 is 1.83 bits per heavy atom. The molecule has 2 atom stereocenters. The standard InChI is InChI=1S/C21H24F3N5O/c1-27-7-6-17-15(12-27)19(26-25-17)20(30)29-10-13-8-28(9-14(13)11-29)18-5-3-2-4-16(18)21(22,23)24/h2-5,13-14H,6-12H2,1H3,(H,25,26)/t13-,14+. The van der Waals surface area contributed by atoms with Gasteiger partial charge in [0.25, 0.3) is 5.91 Å². The van der Waals surface area contributed by atoms with Crippen molar-refractivity contribution >= 4 is 11.6 Å². The maximum Gasteiger partial charge on any atom is 0.418 e. The summed E-state index contributed by atoms with van der Waals surface area (Å²) in [5.74, 6) is 0.278. The fourth-order valence-electron chi connectivity index (χ4n) is 5.10. The van der Waals surface area contributed by atoms with Gasteiger partial charge in [-0.3, -0.25) is 9.89 Å². The number of amides is 1. The molecule has 1 amide bonds. The lowest BCUT2D eigenvalue weighted by Gasteiger charge is -2.26. The molecule has 30 heavy (non-hydrogen) atoms. The van der Waals surface area contributed by atoms with E-state index in [4.69, 9.17) is 0 Å². The van der Waals surface area contributed by atoms with Crippen molar-refractivity contribution in [3.8, 4) is 0 Å². The molecule has 1 N–H and O–H groups in total. The van der Waals surface area contributed by atoms with Crippen molar-refractivity contribution in [2.24, 2.45) is 11.8 Å². The van der Waals surface area contributed by atoms with Crippen LogP contribution in [0.25, 0.3) is 0 Å². The molecule has 0 bridgehead atoms. The molecule has 160 valence electrons. The molecule has 9 heteroatoms. The van der Waals surface area contributed by atoms with Gasteiger partial charge in [-0.25, -0.2) is 0 Å². The predicted octanol–water partition coefficient (Wildman–Crippen LogP) is 2.62. The number of benzene rings is 1. The van der Waals surface area contributed by atoms with Crippen LogP contribution in [0.3, 0.4) is 0 Å². The summed E-state index contributed by atoms with van der Waals surface area (Å²) in [5, 5.41) is 7.31. The van der Waals surface area contributed by atoms with Crippen molar-refractivity contribution in [1.82, 2.24) is 20.0 Å². The fraction of sp³-hybridized carbons (Fsp3) is 0.524. The molecule has 0 radical (unpaired) electrons. The molecule has 4 heterocycles. The number of para-hydroxylation sites is 1. The second kappa shape index (κ2) is 7.01. The van der Waals surface area contributed by atoms with Gasteiger partial charge in [0.2, 0.25) is 0 Å². The van der Waals surface area contributed by atoms with E-state index < -0.39 is 11.7 Å². The summed E-state index contributed by atoms with van der Waals surface area (Å²) in [6.45, 7) is 3.82. The third-order valence-corrected chi connectivity index (χ3v) is 6.65. The molecule has 3 aliphatic rings. The van der Waals surface area contributed by atoms with Crippen LogP contribution in [0, 0.1) is 11.8 Å². The summed E-state index contributed by atoms with van der Waals surface area (Å²) >= 11 is 0. The lowest BCUT2D eigenvalue weighted by Crippen LogP contribution is -2.35. The summed E-state index contributed by atoms with van der Waals surface area (Å²) in [6.07, 6.45) is -3.52. The van der Waals surface area contributed by atoms with E-state index in [2.05, 4.69) is 15.1 Å². The van der Waals surface area contributed by atoms with Gasteiger partial charge in [0, 0.05) is 74.5 Å². The molecule has 0 aliphatic carbocycles. The first kappa shape index (κ1) is 19.4. The van der Waals surface area contributed by atoms with Crippen molar-refractivity contribution in [2.45, 2.75) is 19.1 Å². The Kier molecular flexibility index (Phi) is 4.53. The van der Waals surface area contributed by atoms with Crippen molar-refractivity contribution in [2.75, 3.05) is 44.7 Å². The van der Waals surface area contributed by atoms with Crippen LogP contribution in [0.1, 0.15) is 27.3 Å². The van der Waals surface area contributed by atoms with Gasteiger partial charge in [-0.05, 0) is 19.2 Å². The van der Waals surface area contributed by atoms with Gasteiger partial charge in [-0.2, -0.15) is 18.3 Å². The minimum Gasteiger partial charge on any atom is -0.370 e. The number of likely N-dealkylation sites (tertiary alicyclic amines) is 1. The number of carbonyl (C=O) groups is 1. The second-order valence-corrected chi connectivity index (χ2v) is 8.67. The van der Waals surface area contributed by atoms with Crippen molar-refractivity contribution in [1.29, 1.82) is 0 Å². The third-order valence-electron chi connectivity index (χ3n) is 6.65. The van der Waals surface area contributed by atoms with E-state index in [0.29, 0.717) is 38.4 Å². The molecule has 1 aromatic heterocycles. The summed E-state index contributed by atoms with van der Waals surface area (Å²) < 4.78 is 40.2. The van der Waals surface area contributed by atoms with E-state index in [1.807, 2.05) is 16.8 Å². The lowest BCUT2D eigenvalue weighted by atomic mass is 10.0. The number of halogens is 3. The maximum atomic E-state index is 13.4. The number of anilines is 1. The van der Waals surface area contributed by atoms with Crippen LogP contribution in [-0.4, -0.2) is 65.7 Å². The molecule has 1 aromatic carbocycles. The Labute approximate surface area is 172 Å². The number of fused-ring (bicyclic) bond motifs is 2. The van der Waals surface area contributed by atoms with Crippen molar-refractivity contribution < 1.29 is 18.0 Å². The Bertz CT molecular complexity index is 958. The van der Waals surface area contributed by atoms with E-state index in [0.717, 1.165) is 30.3 Å². The Balaban J connectivity index is 1.30. The molecule has 0 unspecified atom stereocenters. The molecule has 2 fully saturated rings. The van der Waals surface area contributed by atoms with Gasteiger partial charge in [-0.15, -0.1) is 0 Å². The predicted molar refractivity (Wildman–Crippen MR) is 105 cm³/mol. The first-order chi connectivity index (χ1) is 14.3. The smallest absolute Gasteiger partial charge is 0.370 e. The number of hydrogen-bond acceptors (Lipinski definition) is 4. The third kappa shape index (κ3) is 3.25. The number of hydrogen-bond donors (Lipinski definition) is 1. The van der Waals surface area contributed by atoms with Gasteiger partial charge in [0.05, 0.1) is 5.56 Å². The summed E-state index contributed by atoms with van der Waals surface area (Å²) in [6, 6.07) is 5.74. The number of aromatic nitrogens is 2. The molecule has 2 saturated heterocycles. The number of H-pyrrole nitrogens is 1. The van der Waals surface area contributed by atoms with Gasteiger partial charge in [0.15, 0.2) is 5.69 Å². The van der Waals surface area contributed by atoms with E-state index in [1.54, 1.807) is 12.1 Å².